The number of urea groups is 1. The fraction of sp³-hybridized carbons (Fsp3) is 0.188. The standard InChI is InChI=1S/C16H16N10O/c1-9(2)26-8-20-25-14(26)10-4-3-5-12(21-10)22-16(27)24-15-17-6-11-13(23-15)19-7-18-11/h3-9H,1-2H3,(H3,17,18,19,21,22,23,24,27). The number of imidazole rings is 1. The van der Waals surface area contributed by atoms with Crippen LogP contribution in [0.15, 0.2) is 37.1 Å². The van der Waals surface area contributed by atoms with Crippen molar-refractivity contribution >= 4 is 29.0 Å². The molecule has 136 valence electrons. The molecule has 0 bridgehead atoms. The number of H-pyrrole nitrogens is 1. The van der Waals surface area contributed by atoms with E-state index in [2.05, 4.69) is 45.8 Å². The molecule has 11 heteroatoms. The van der Waals surface area contributed by atoms with Crippen LogP contribution >= 0.6 is 0 Å². The van der Waals surface area contributed by atoms with Crippen molar-refractivity contribution in [3.05, 3.63) is 37.1 Å². The molecule has 0 unspecified atom stereocenters. The number of fused-ring (bicyclic) bond motifs is 1. The van der Waals surface area contributed by atoms with E-state index in [9.17, 15) is 4.79 Å². The molecule has 4 aromatic heterocycles. The molecule has 0 aliphatic carbocycles. The van der Waals surface area contributed by atoms with Crippen LogP contribution in [0.2, 0.25) is 0 Å². The number of rotatable bonds is 4. The van der Waals surface area contributed by atoms with Gasteiger partial charge in [-0.25, -0.2) is 19.7 Å². The summed E-state index contributed by atoms with van der Waals surface area (Å²) >= 11 is 0. The summed E-state index contributed by atoms with van der Waals surface area (Å²) in [4.78, 5) is 31.8. The second kappa shape index (κ2) is 6.78. The third-order valence-corrected chi connectivity index (χ3v) is 3.75. The molecular weight excluding hydrogens is 348 g/mol. The maximum absolute atomic E-state index is 12.2. The number of aromatic amines is 1. The lowest BCUT2D eigenvalue weighted by Crippen LogP contribution is -2.21. The smallest absolute Gasteiger partial charge is 0.327 e. The molecule has 0 aliphatic rings. The molecule has 0 radical (unpaired) electrons. The van der Waals surface area contributed by atoms with Gasteiger partial charge in [0.15, 0.2) is 11.5 Å². The zero-order chi connectivity index (χ0) is 18.8. The van der Waals surface area contributed by atoms with Crippen molar-refractivity contribution in [1.82, 2.24) is 39.7 Å². The second-order valence-electron chi connectivity index (χ2n) is 5.98. The van der Waals surface area contributed by atoms with E-state index >= 15 is 0 Å². The van der Waals surface area contributed by atoms with E-state index in [1.165, 1.54) is 6.33 Å². The molecule has 11 nitrogen and oxygen atoms in total. The van der Waals surface area contributed by atoms with E-state index in [-0.39, 0.29) is 12.0 Å². The number of anilines is 2. The van der Waals surface area contributed by atoms with Crippen LogP contribution in [0.1, 0.15) is 19.9 Å². The number of amides is 2. The first-order valence-electron chi connectivity index (χ1n) is 8.21. The predicted octanol–water partition coefficient (Wildman–Crippen LogP) is 2.23. The van der Waals surface area contributed by atoms with E-state index < -0.39 is 6.03 Å². The number of aromatic nitrogens is 8. The summed E-state index contributed by atoms with van der Waals surface area (Å²) in [7, 11) is 0. The van der Waals surface area contributed by atoms with Crippen molar-refractivity contribution in [3.8, 4) is 11.5 Å². The number of nitrogens with one attached hydrogen (secondary N) is 3. The van der Waals surface area contributed by atoms with Gasteiger partial charge in [0.05, 0.1) is 12.5 Å². The lowest BCUT2D eigenvalue weighted by molar-refractivity contribution is 0.262. The van der Waals surface area contributed by atoms with Gasteiger partial charge in [-0.1, -0.05) is 6.07 Å². The highest BCUT2D eigenvalue weighted by atomic mass is 16.2. The first-order valence-corrected chi connectivity index (χ1v) is 8.21. The van der Waals surface area contributed by atoms with Crippen LogP contribution in [0.3, 0.4) is 0 Å². The first kappa shape index (κ1) is 16.6. The van der Waals surface area contributed by atoms with E-state index in [0.29, 0.717) is 28.5 Å². The van der Waals surface area contributed by atoms with Crippen LogP contribution in [0.25, 0.3) is 22.7 Å². The fourth-order valence-electron chi connectivity index (χ4n) is 2.48. The van der Waals surface area contributed by atoms with Gasteiger partial charge >= 0.3 is 6.03 Å². The van der Waals surface area contributed by atoms with Crippen molar-refractivity contribution in [2.24, 2.45) is 0 Å². The maximum atomic E-state index is 12.2. The lowest BCUT2D eigenvalue weighted by atomic mass is 10.3. The molecule has 0 fully saturated rings. The minimum atomic E-state index is -0.514. The third kappa shape index (κ3) is 3.42. The molecule has 4 aromatic rings. The number of hydrogen-bond donors (Lipinski definition) is 3. The van der Waals surface area contributed by atoms with Gasteiger partial charge in [-0.15, -0.1) is 10.2 Å². The van der Waals surface area contributed by atoms with Crippen LogP contribution in [0.4, 0.5) is 16.6 Å². The molecule has 4 heterocycles. The Balaban J connectivity index is 1.50. The molecular formula is C16H16N10O. The van der Waals surface area contributed by atoms with Crippen molar-refractivity contribution in [2.75, 3.05) is 10.6 Å². The number of carbonyl (C=O) groups is 1. The Hall–Kier alpha value is -3.89. The number of hydrogen-bond acceptors (Lipinski definition) is 7. The first-order chi connectivity index (χ1) is 13.1. The van der Waals surface area contributed by atoms with Crippen molar-refractivity contribution in [3.63, 3.8) is 0 Å². The minimum absolute atomic E-state index is 0.141. The largest absolute Gasteiger partial charge is 0.342 e. The highest BCUT2D eigenvalue weighted by Crippen LogP contribution is 2.19. The van der Waals surface area contributed by atoms with Gasteiger partial charge in [-0.3, -0.25) is 10.6 Å². The Morgan fingerprint density at radius 3 is 2.93 bits per heavy atom. The average molecular weight is 364 g/mol. The van der Waals surface area contributed by atoms with Crippen LogP contribution < -0.4 is 10.6 Å². The monoisotopic (exact) mass is 364 g/mol. The van der Waals surface area contributed by atoms with E-state index in [1.807, 2.05) is 18.4 Å². The Bertz CT molecular complexity index is 1100. The SMILES string of the molecule is CC(C)n1cnnc1-c1cccc(NC(=O)Nc2ncc3[nH]cnc3n2)n1. The molecule has 0 saturated carbocycles. The highest BCUT2D eigenvalue weighted by Gasteiger charge is 2.13. The van der Waals surface area contributed by atoms with Gasteiger partial charge in [0.25, 0.3) is 0 Å². The zero-order valence-electron chi connectivity index (χ0n) is 14.6. The normalized spacial score (nSPS) is 11.1. The van der Waals surface area contributed by atoms with Crippen LogP contribution in [-0.4, -0.2) is 45.7 Å². The molecule has 0 saturated heterocycles. The van der Waals surface area contributed by atoms with Gasteiger partial charge in [0.2, 0.25) is 5.95 Å². The molecule has 0 aromatic carbocycles. The summed E-state index contributed by atoms with van der Waals surface area (Å²) in [5, 5.41) is 13.3. The summed E-state index contributed by atoms with van der Waals surface area (Å²) in [5.41, 5.74) is 1.76. The second-order valence-corrected chi connectivity index (χ2v) is 5.98. The van der Waals surface area contributed by atoms with Gasteiger partial charge in [-0.05, 0) is 26.0 Å². The van der Waals surface area contributed by atoms with Gasteiger partial charge in [0, 0.05) is 6.04 Å². The van der Waals surface area contributed by atoms with Crippen molar-refractivity contribution in [1.29, 1.82) is 0 Å². The summed E-state index contributed by atoms with van der Waals surface area (Å²) in [6.45, 7) is 4.05. The molecule has 3 N–H and O–H groups in total. The Morgan fingerprint density at radius 1 is 1.19 bits per heavy atom. The zero-order valence-corrected chi connectivity index (χ0v) is 14.6. The molecule has 2 amide bonds. The molecule has 0 atom stereocenters. The van der Waals surface area contributed by atoms with E-state index in [1.54, 1.807) is 30.7 Å². The summed E-state index contributed by atoms with van der Waals surface area (Å²) in [5.74, 6) is 1.13. The summed E-state index contributed by atoms with van der Waals surface area (Å²) < 4.78 is 1.90. The third-order valence-electron chi connectivity index (χ3n) is 3.75. The Morgan fingerprint density at radius 2 is 2.07 bits per heavy atom. The molecule has 27 heavy (non-hydrogen) atoms. The minimum Gasteiger partial charge on any atom is -0.342 e. The fourth-order valence-corrected chi connectivity index (χ4v) is 2.48. The topological polar surface area (TPSA) is 139 Å². The molecule has 4 rings (SSSR count). The highest BCUT2D eigenvalue weighted by molar-refractivity contribution is 5.98. The van der Waals surface area contributed by atoms with E-state index in [0.717, 1.165) is 0 Å². The van der Waals surface area contributed by atoms with Gasteiger partial charge in [0.1, 0.15) is 23.4 Å². The van der Waals surface area contributed by atoms with Crippen LogP contribution in [-0.2, 0) is 0 Å². The molecule has 0 spiro atoms. The van der Waals surface area contributed by atoms with Crippen LogP contribution in [0, 0.1) is 0 Å². The van der Waals surface area contributed by atoms with Crippen molar-refractivity contribution in [2.45, 2.75) is 19.9 Å². The molecule has 0 aliphatic heterocycles. The Kier molecular flexibility index (Phi) is 4.16. The van der Waals surface area contributed by atoms with E-state index in [4.69, 9.17) is 0 Å². The number of carbonyl (C=O) groups excluding carboxylic acids is 1. The Labute approximate surface area is 153 Å². The maximum Gasteiger partial charge on any atom is 0.327 e. The quantitative estimate of drug-likeness (QED) is 0.504. The van der Waals surface area contributed by atoms with Crippen LogP contribution in [0.5, 0.6) is 0 Å². The van der Waals surface area contributed by atoms with Gasteiger partial charge < -0.3 is 9.55 Å². The summed E-state index contributed by atoms with van der Waals surface area (Å²) in [6.07, 6.45) is 4.70. The lowest BCUT2D eigenvalue weighted by Gasteiger charge is -2.10. The predicted molar refractivity (Wildman–Crippen MR) is 98.0 cm³/mol. The van der Waals surface area contributed by atoms with Crippen molar-refractivity contribution < 1.29 is 4.79 Å². The average Bonchev–Trinajstić information content (AvgIpc) is 3.30. The summed E-state index contributed by atoms with van der Waals surface area (Å²) in [6, 6.07) is 4.94. The number of nitrogens with zero attached hydrogens (tertiary/aromatic N) is 7. The van der Waals surface area contributed by atoms with Gasteiger partial charge in [-0.2, -0.15) is 4.98 Å². The number of pyridine rings is 1.